The van der Waals surface area contributed by atoms with Gasteiger partial charge in [-0.05, 0) is 65.4 Å². The molecule has 0 amide bonds. The van der Waals surface area contributed by atoms with Crippen molar-refractivity contribution in [1.82, 2.24) is 4.98 Å². The van der Waals surface area contributed by atoms with E-state index in [0.717, 1.165) is 99.1 Å². The summed E-state index contributed by atoms with van der Waals surface area (Å²) < 4.78 is 19.8. The number of fused-ring (bicyclic) bond motifs is 11. The Kier molecular flexibility index (Phi) is 5.60. The van der Waals surface area contributed by atoms with Gasteiger partial charge in [0.25, 0.3) is 0 Å². The summed E-state index contributed by atoms with van der Waals surface area (Å²) in [6, 6.07) is 54.3. The lowest BCUT2D eigenvalue weighted by Crippen LogP contribution is -2.09. The van der Waals surface area contributed by atoms with Crippen LogP contribution in [0, 0.1) is 0 Å². The van der Waals surface area contributed by atoms with Crippen LogP contribution in [-0.2, 0) is 0 Å². The minimum atomic E-state index is 0.573. The van der Waals surface area contributed by atoms with E-state index in [1.54, 1.807) is 0 Å². The topological polar surface area (TPSA) is 55.6 Å². The van der Waals surface area contributed by atoms with Crippen LogP contribution in [0.15, 0.2) is 171 Å². The fourth-order valence-corrected chi connectivity index (χ4v) is 7.60. The van der Waals surface area contributed by atoms with Gasteiger partial charge >= 0.3 is 0 Å². The number of benzene rings is 8. The fraction of sp³-hybridized carbons (Fsp3) is 0. The maximum atomic E-state index is 6.79. The van der Waals surface area contributed by atoms with E-state index in [1.165, 1.54) is 0 Å². The van der Waals surface area contributed by atoms with Crippen LogP contribution in [0.1, 0.15) is 0 Å². The highest BCUT2D eigenvalue weighted by atomic mass is 16.4. The number of para-hydroxylation sites is 2. The Bertz CT molecular complexity index is 3110. The van der Waals surface area contributed by atoms with E-state index in [4.69, 9.17) is 18.2 Å². The van der Waals surface area contributed by atoms with Crippen LogP contribution in [0.4, 0.5) is 17.1 Å². The molecule has 8 aromatic carbocycles. The molecule has 0 saturated carbocycles. The van der Waals surface area contributed by atoms with Gasteiger partial charge in [0, 0.05) is 49.6 Å². The summed E-state index contributed by atoms with van der Waals surface area (Å²) in [5.41, 5.74) is 8.71. The standard InChI is InChI=1S/C45H26N2O3/c1-2-12-29(13-3-1)47(37-18-8-16-33-34-23-20-28-11-5-7-15-32(28)43(34)50-44(33)37)30-22-24-35-40(26-30)48-38-19-9-17-36(41(35)38)45-46-42-31-14-6-4-10-27(31)21-25-39(42)49-45/h1-26H. The average Bonchev–Trinajstić information content (AvgIpc) is 3.89. The van der Waals surface area contributed by atoms with E-state index >= 15 is 0 Å². The zero-order valence-corrected chi connectivity index (χ0v) is 26.6. The maximum absolute atomic E-state index is 6.79. The molecule has 50 heavy (non-hydrogen) atoms. The lowest BCUT2D eigenvalue weighted by Gasteiger charge is -2.25. The molecule has 3 aromatic heterocycles. The molecule has 0 atom stereocenters. The van der Waals surface area contributed by atoms with Gasteiger partial charge in [0.05, 0.1) is 11.4 Å². The summed E-state index contributed by atoms with van der Waals surface area (Å²) >= 11 is 0. The summed E-state index contributed by atoms with van der Waals surface area (Å²) in [5.74, 6) is 0.573. The van der Waals surface area contributed by atoms with E-state index in [1.807, 2.05) is 36.4 Å². The number of rotatable bonds is 4. The first-order valence-electron chi connectivity index (χ1n) is 16.7. The van der Waals surface area contributed by atoms with Crippen LogP contribution in [0.25, 0.3) is 88.0 Å². The second-order valence-corrected chi connectivity index (χ2v) is 12.7. The summed E-state index contributed by atoms with van der Waals surface area (Å²) in [5, 5.41) is 8.60. The van der Waals surface area contributed by atoms with Gasteiger partial charge < -0.3 is 18.2 Å². The predicted molar refractivity (Wildman–Crippen MR) is 204 cm³/mol. The molecule has 11 rings (SSSR count). The van der Waals surface area contributed by atoms with Gasteiger partial charge in [0.2, 0.25) is 5.89 Å². The molecule has 0 N–H and O–H groups in total. The Hall–Kier alpha value is -6.85. The smallest absolute Gasteiger partial charge is 0.228 e. The number of nitrogens with zero attached hydrogens (tertiary/aromatic N) is 2. The molecule has 0 unspecified atom stereocenters. The molecule has 0 spiro atoms. The lowest BCUT2D eigenvalue weighted by molar-refractivity contribution is 0.620. The van der Waals surface area contributed by atoms with Gasteiger partial charge in [-0.3, -0.25) is 0 Å². The SMILES string of the molecule is c1ccc(N(c2ccc3c(c2)oc2cccc(-c4nc5c(ccc6ccccc65)o4)c23)c2cccc3c2oc2c4ccccc4ccc32)cc1. The average molecular weight is 643 g/mol. The number of anilines is 3. The Labute approximate surface area is 285 Å². The molecule has 234 valence electrons. The Morgan fingerprint density at radius 2 is 1.14 bits per heavy atom. The van der Waals surface area contributed by atoms with Crippen molar-refractivity contribution in [2.24, 2.45) is 0 Å². The quantitative estimate of drug-likeness (QED) is 0.191. The van der Waals surface area contributed by atoms with Gasteiger partial charge in [-0.15, -0.1) is 0 Å². The van der Waals surface area contributed by atoms with Crippen LogP contribution in [0.3, 0.4) is 0 Å². The van der Waals surface area contributed by atoms with E-state index < -0.39 is 0 Å². The highest BCUT2D eigenvalue weighted by molar-refractivity contribution is 6.18. The molecule has 0 fully saturated rings. The highest BCUT2D eigenvalue weighted by Gasteiger charge is 2.22. The third-order valence-electron chi connectivity index (χ3n) is 9.88. The van der Waals surface area contributed by atoms with Gasteiger partial charge in [-0.2, -0.15) is 0 Å². The second-order valence-electron chi connectivity index (χ2n) is 12.7. The molecule has 0 bridgehead atoms. The van der Waals surface area contributed by atoms with Crippen LogP contribution in [0.2, 0.25) is 0 Å². The molecule has 0 aliphatic rings. The molecule has 5 heteroatoms. The maximum Gasteiger partial charge on any atom is 0.228 e. The van der Waals surface area contributed by atoms with E-state index in [-0.39, 0.29) is 0 Å². The fourth-order valence-electron chi connectivity index (χ4n) is 7.60. The molecule has 3 heterocycles. The number of oxazole rings is 1. The monoisotopic (exact) mass is 642 g/mol. The lowest BCUT2D eigenvalue weighted by atomic mass is 10.0. The van der Waals surface area contributed by atoms with Crippen LogP contribution in [-0.4, -0.2) is 4.98 Å². The van der Waals surface area contributed by atoms with Crippen molar-refractivity contribution in [3.05, 3.63) is 158 Å². The minimum Gasteiger partial charge on any atom is -0.456 e. The summed E-state index contributed by atoms with van der Waals surface area (Å²) in [4.78, 5) is 7.25. The Morgan fingerprint density at radius 1 is 0.420 bits per heavy atom. The van der Waals surface area contributed by atoms with Crippen molar-refractivity contribution in [2.75, 3.05) is 4.90 Å². The summed E-state index contributed by atoms with van der Waals surface area (Å²) in [6.45, 7) is 0. The third kappa shape index (κ3) is 3.92. The van der Waals surface area contributed by atoms with Gasteiger partial charge in [-0.1, -0.05) is 97.1 Å². The molecule has 0 saturated heterocycles. The highest BCUT2D eigenvalue weighted by Crippen LogP contribution is 2.45. The summed E-state index contributed by atoms with van der Waals surface area (Å²) in [6.07, 6.45) is 0. The molecule has 0 aliphatic carbocycles. The van der Waals surface area contributed by atoms with Crippen LogP contribution in [0.5, 0.6) is 0 Å². The van der Waals surface area contributed by atoms with Gasteiger partial charge in [0.15, 0.2) is 11.2 Å². The van der Waals surface area contributed by atoms with Gasteiger partial charge in [-0.25, -0.2) is 4.98 Å². The normalized spacial score (nSPS) is 12.0. The van der Waals surface area contributed by atoms with Crippen molar-refractivity contribution in [1.29, 1.82) is 0 Å². The zero-order chi connectivity index (χ0) is 32.8. The first-order valence-corrected chi connectivity index (χ1v) is 16.7. The number of hydrogen-bond donors (Lipinski definition) is 0. The van der Waals surface area contributed by atoms with Crippen molar-refractivity contribution >= 4 is 93.6 Å². The predicted octanol–water partition coefficient (Wildman–Crippen LogP) is 13.1. The first kappa shape index (κ1) is 27.1. The molecular formula is C45H26N2O3. The molecule has 5 nitrogen and oxygen atoms in total. The summed E-state index contributed by atoms with van der Waals surface area (Å²) in [7, 11) is 0. The van der Waals surface area contributed by atoms with Crippen LogP contribution < -0.4 is 4.90 Å². The number of furan rings is 2. The largest absolute Gasteiger partial charge is 0.456 e. The van der Waals surface area contributed by atoms with Crippen molar-refractivity contribution in [3.63, 3.8) is 0 Å². The Balaban J connectivity index is 1.11. The van der Waals surface area contributed by atoms with E-state index in [0.29, 0.717) is 5.89 Å². The van der Waals surface area contributed by atoms with E-state index in [2.05, 4.69) is 126 Å². The van der Waals surface area contributed by atoms with Crippen molar-refractivity contribution in [3.8, 4) is 11.5 Å². The zero-order valence-electron chi connectivity index (χ0n) is 26.6. The van der Waals surface area contributed by atoms with Gasteiger partial charge in [0.1, 0.15) is 22.3 Å². The number of aromatic nitrogens is 1. The van der Waals surface area contributed by atoms with E-state index in [9.17, 15) is 0 Å². The third-order valence-corrected chi connectivity index (χ3v) is 9.88. The molecule has 0 radical (unpaired) electrons. The molecular weight excluding hydrogens is 617 g/mol. The van der Waals surface area contributed by atoms with Crippen molar-refractivity contribution < 1.29 is 13.3 Å². The Morgan fingerprint density at radius 3 is 2.04 bits per heavy atom. The van der Waals surface area contributed by atoms with Crippen LogP contribution >= 0.6 is 0 Å². The molecule has 11 aromatic rings. The minimum absolute atomic E-state index is 0.573. The molecule has 0 aliphatic heterocycles. The second kappa shape index (κ2) is 10.3. The first-order chi connectivity index (χ1) is 24.8. The number of hydrogen-bond acceptors (Lipinski definition) is 5. The van der Waals surface area contributed by atoms with Crippen molar-refractivity contribution in [2.45, 2.75) is 0 Å².